The largest absolute Gasteiger partial charge is 0.371 e. The molecule has 2 aromatic heterocycles. The lowest BCUT2D eigenvalue weighted by Gasteiger charge is -2.54. The van der Waals surface area contributed by atoms with E-state index in [0.29, 0.717) is 23.8 Å². The fourth-order valence-corrected chi connectivity index (χ4v) is 5.03. The minimum atomic E-state index is -0.166. The maximum atomic E-state index is 12.7. The number of amides is 2. The minimum Gasteiger partial charge on any atom is -0.371 e. The Labute approximate surface area is 184 Å². The number of urea groups is 1. The zero-order valence-corrected chi connectivity index (χ0v) is 18.1. The summed E-state index contributed by atoms with van der Waals surface area (Å²) in [5.74, 6) is 0. The number of benzene rings is 1. The first kappa shape index (κ1) is 19.7. The highest BCUT2D eigenvalue weighted by Gasteiger charge is 2.51. The van der Waals surface area contributed by atoms with E-state index in [-0.39, 0.29) is 11.6 Å². The molecule has 2 aliphatic heterocycles. The van der Waals surface area contributed by atoms with Gasteiger partial charge in [0.15, 0.2) is 5.13 Å². The van der Waals surface area contributed by atoms with Gasteiger partial charge in [0.1, 0.15) is 5.60 Å². The van der Waals surface area contributed by atoms with Crippen molar-refractivity contribution >= 4 is 22.5 Å². The van der Waals surface area contributed by atoms with Crippen LogP contribution in [0.1, 0.15) is 23.4 Å². The molecule has 4 heterocycles. The van der Waals surface area contributed by atoms with Crippen molar-refractivity contribution in [2.75, 3.05) is 25.0 Å². The Morgan fingerprint density at radius 1 is 1.19 bits per heavy atom. The molecule has 2 aliphatic rings. The van der Waals surface area contributed by atoms with E-state index in [9.17, 15) is 10.1 Å². The SMILES string of the molecule is Cc1cc(-c2sc(NC(=O)N3CC4(CCO4)C3)nc2-c2cccc(C#N)c2)cc(C)n1. The van der Waals surface area contributed by atoms with Gasteiger partial charge in [-0.15, -0.1) is 0 Å². The number of thiazole rings is 1. The molecule has 2 saturated heterocycles. The number of anilines is 1. The second-order valence-corrected chi connectivity index (χ2v) is 9.09. The molecule has 156 valence electrons. The Hall–Kier alpha value is -3.28. The van der Waals surface area contributed by atoms with Crippen LogP contribution < -0.4 is 5.32 Å². The predicted molar refractivity (Wildman–Crippen MR) is 119 cm³/mol. The molecule has 2 amide bonds. The van der Waals surface area contributed by atoms with Crippen molar-refractivity contribution in [3.63, 3.8) is 0 Å². The summed E-state index contributed by atoms with van der Waals surface area (Å²) in [6.07, 6.45) is 1.01. The topological polar surface area (TPSA) is 91.1 Å². The van der Waals surface area contributed by atoms with Crippen molar-refractivity contribution in [2.45, 2.75) is 25.9 Å². The molecule has 1 aromatic carbocycles. The van der Waals surface area contributed by atoms with Gasteiger partial charge < -0.3 is 9.64 Å². The van der Waals surface area contributed by atoms with Crippen LogP contribution in [0.3, 0.4) is 0 Å². The Morgan fingerprint density at radius 3 is 2.58 bits per heavy atom. The van der Waals surface area contributed by atoms with Crippen molar-refractivity contribution < 1.29 is 9.53 Å². The number of nitrogens with zero attached hydrogens (tertiary/aromatic N) is 4. The Balaban J connectivity index is 1.49. The Bertz CT molecular complexity index is 1200. The zero-order chi connectivity index (χ0) is 21.6. The van der Waals surface area contributed by atoms with Gasteiger partial charge >= 0.3 is 6.03 Å². The third-order valence-corrected chi connectivity index (χ3v) is 6.68. The van der Waals surface area contributed by atoms with E-state index in [4.69, 9.17) is 9.72 Å². The van der Waals surface area contributed by atoms with Crippen LogP contribution in [0.25, 0.3) is 21.7 Å². The molecule has 0 unspecified atom stereocenters. The number of hydrogen-bond donors (Lipinski definition) is 1. The first-order chi connectivity index (χ1) is 14.9. The van der Waals surface area contributed by atoms with Crippen molar-refractivity contribution in [2.24, 2.45) is 0 Å². The number of carbonyl (C=O) groups is 1. The van der Waals surface area contributed by atoms with Gasteiger partial charge in [0.25, 0.3) is 0 Å². The number of carbonyl (C=O) groups excluding carboxylic acids is 1. The zero-order valence-electron chi connectivity index (χ0n) is 17.3. The van der Waals surface area contributed by atoms with Crippen LogP contribution in [0.5, 0.6) is 0 Å². The summed E-state index contributed by atoms with van der Waals surface area (Å²) < 4.78 is 5.60. The molecule has 31 heavy (non-hydrogen) atoms. The Morgan fingerprint density at radius 2 is 1.94 bits per heavy atom. The van der Waals surface area contributed by atoms with E-state index in [2.05, 4.69) is 16.4 Å². The van der Waals surface area contributed by atoms with Gasteiger partial charge in [0, 0.05) is 23.4 Å². The molecular weight excluding hydrogens is 410 g/mol. The molecule has 1 spiro atoms. The van der Waals surface area contributed by atoms with E-state index in [1.54, 1.807) is 11.0 Å². The van der Waals surface area contributed by atoms with Gasteiger partial charge in [-0.3, -0.25) is 10.3 Å². The highest BCUT2D eigenvalue weighted by Crippen LogP contribution is 2.40. The lowest BCUT2D eigenvalue weighted by atomic mass is 9.87. The smallest absolute Gasteiger partial charge is 0.323 e. The molecule has 7 nitrogen and oxygen atoms in total. The molecule has 5 rings (SSSR count). The van der Waals surface area contributed by atoms with Crippen LogP contribution in [0.4, 0.5) is 9.93 Å². The van der Waals surface area contributed by atoms with Crippen LogP contribution in [0.2, 0.25) is 0 Å². The number of nitriles is 1. The van der Waals surface area contributed by atoms with Gasteiger partial charge in [-0.05, 0) is 43.7 Å². The van der Waals surface area contributed by atoms with Gasteiger partial charge in [0.2, 0.25) is 0 Å². The fourth-order valence-electron chi connectivity index (χ4n) is 4.07. The van der Waals surface area contributed by atoms with Gasteiger partial charge in [0.05, 0.1) is 41.9 Å². The number of likely N-dealkylation sites (tertiary alicyclic amines) is 1. The molecular formula is C23H21N5O2S. The molecule has 8 heteroatoms. The number of hydrogen-bond acceptors (Lipinski definition) is 6. The molecule has 1 N–H and O–H groups in total. The van der Waals surface area contributed by atoms with Crippen LogP contribution in [-0.2, 0) is 4.74 Å². The molecule has 0 saturated carbocycles. The standard InChI is InChI=1S/C23H21N5O2S/c1-14-8-18(9-15(2)25-14)20-19(17-5-3-4-16(10-17)11-24)26-21(31-20)27-22(29)28-12-23(13-28)6-7-30-23/h3-5,8-10H,6-7,12-13H2,1-2H3,(H,26,27,29). The van der Waals surface area contributed by atoms with Crippen LogP contribution in [0.15, 0.2) is 36.4 Å². The van der Waals surface area contributed by atoms with Crippen molar-refractivity contribution in [3.05, 3.63) is 53.3 Å². The third kappa shape index (κ3) is 3.67. The molecule has 0 aliphatic carbocycles. The number of rotatable bonds is 3. The molecule has 0 atom stereocenters. The van der Waals surface area contributed by atoms with E-state index in [1.807, 2.05) is 44.2 Å². The number of pyridine rings is 1. The van der Waals surface area contributed by atoms with Crippen molar-refractivity contribution in [3.8, 4) is 27.8 Å². The van der Waals surface area contributed by atoms with Crippen LogP contribution in [0, 0.1) is 25.2 Å². The fraction of sp³-hybridized carbons (Fsp3) is 0.304. The summed E-state index contributed by atoms with van der Waals surface area (Å²) in [5, 5.41) is 12.8. The first-order valence-electron chi connectivity index (χ1n) is 10.1. The number of aryl methyl sites for hydroxylation is 2. The normalized spacial score (nSPS) is 16.4. The molecule has 0 bridgehead atoms. The quantitative estimate of drug-likeness (QED) is 0.665. The highest BCUT2D eigenvalue weighted by molar-refractivity contribution is 7.19. The molecule has 3 aromatic rings. The summed E-state index contributed by atoms with van der Waals surface area (Å²) in [7, 11) is 0. The van der Waals surface area contributed by atoms with Crippen molar-refractivity contribution in [1.29, 1.82) is 5.26 Å². The first-order valence-corrected chi connectivity index (χ1v) is 10.9. The third-order valence-electron chi connectivity index (χ3n) is 5.66. The van der Waals surface area contributed by atoms with Crippen LogP contribution in [-0.4, -0.2) is 46.2 Å². The second kappa shape index (κ2) is 7.45. The maximum absolute atomic E-state index is 12.7. The summed E-state index contributed by atoms with van der Waals surface area (Å²) >= 11 is 1.43. The highest BCUT2D eigenvalue weighted by atomic mass is 32.1. The Kier molecular flexibility index (Phi) is 4.73. The minimum absolute atomic E-state index is 0.111. The molecule has 0 radical (unpaired) electrons. The second-order valence-electron chi connectivity index (χ2n) is 8.10. The monoisotopic (exact) mass is 431 g/mol. The number of ether oxygens (including phenoxy) is 1. The van der Waals surface area contributed by atoms with Crippen LogP contribution >= 0.6 is 11.3 Å². The van der Waals surface area contributed by atoms with E-state index < -0.39 is 0 Å². The number of aromatic nitrogens is 2. The molecule has 2 fully saturated rings. The summed E-state index contributed by atoms with van der Waals surface area (Å²) in [5.41, 5.74) is 4.85. The van der Waals surface area contributed by atoms with Gasteiger partial charge in [-0.2, -0.15) is 5.26 Å². The van der Waals surface area contributed by atoms with E-state index in [1.165, 1.54) is 11.3 Å². The van der Waals surface area contributed by atoms with Crippen molar-refractivity contribution in [1.82, 2.24) is 14.9 Å². The van der Waals surface area contributed by atoms with Gasteiger partial charge in [-0.25, -0.2) is 9.78 Å². The number of nitrogens with one attached hydrogen (secondary N) is 1. The summed E-state index contributed by atoms with van der Waals surface area (Å²) in [6, 6.07) is 13.4. The lowest BCUT2D eigenvalue weighted by molar-refractivity contribution is -0.207. The van der Waals surface area contributed by atoms with E-state index in [0.717, 1.165) is 46.1 Å². The lowest BCUT2D eigenvalue weighted by Crippen LogP contribution is -2.69. The predicted octanol–water partition coefficient (Wildman–Crippen LogP) is 4.37. The summed E-state index contributed by atoms with van der Waals surface area (Å²) in [4.78, 5) is 24.6. The summed E-state index contributed by atoms with van der Waals surface area (Å²) in [6.45, 7) is 5.94. The van der Waals surface area contributed by atoms with E-state index >= 15 is 0 Å². The average molecular weight is 432 g/mol. The average Bonchev–Trinajstić information content (AvgIpc) is 3.09. The maximum Gasteiger partial charge on any atom is 0.323 e. The van der Waals surface area contributed by atoms with Gasteiger partial charge in [-0.1, -0.05) is 23.5 Å².